The Morgan fingerprint density at radius 2 is 1.66 bits per heavy atom. The number of piperidine rings is 1. The molecule has 1 spiro atoms. The Morgan fingerprint density at radius 3 is 2.36 bits per heavy atom. The van der Waals surface area contributed by atoms with Crippen molar-refractivity contribution >= 4 is 11.8 Å². The molecular formula is C36H50N4O4. The Balaban J connectivity index is 1.26. The molecule has 2 atom stereocenters. The summed E-state index contributed by atoms with van der Waals surface area (Å²) in [6, 6.07) is 11.2. The molecule has 2 aliphatic heterocycles. The van der Waals surface area contributed by atoms with Crippen molar-refractivity contribution in [2.75, 3.05) is 39.3 Å². The van der Waals surface area contributed by atoms with Gasteiger partial charge in [-0.25, -0.2) is 0 Å². The molecule has 1 aromatic heterocycles. The van der Waals surface area contributed by atoms with Crippen molar-refractivity contribution < 1.29 is 14.7 Å². The van der Waals surface area contributed by atoms with E-state index in [-0.39, 0.29) is 29.8 Å². The monoisotopic (exact) mass is 602 g/mol. The van der Waals surface area contributed by atoms with E-state index in [4.69, 9.17) is 0 Å². The minimum atomic E-state index is -1.14. The van der Waals surface area contributed by atoms with Crippen molar-refractivity contribution in [1.29, 1.82) is 0 Å². The van der Waals surface area contributed by atoms with Gasteiger partial charge in [-0.05, 0) is 37.2 Å². The number of carbonyl (C=O) groups is 2. The Hall–Kier alpha value is -2.97. The molecule has 4 fully saturated rings. The number of benzene rings is 1. The normalized spacial score (nSPS) is 24.9. The maximum Gasteiger partial charge on any atom is 0.256 e. The van der Waals surface area contributed by atoms with Gasteiger partial charge in [0, 0.05) is 68.4 Å². The second-order valence-electron chi connectivity index (χ2n) is 14.1. The molecule has 3 heterocycles. The number of nitrogens with one attached hydrogen (secondary N) is 1. The molecule has 238 valence electrons. The standard InChI is InChI=1S/C36H50N4O4/c1-27(22-28-10-4-2-5-11-28)33(42)39-19-16-36(44,35(25-39)14-8-9-15-35)26-40-24-31(34(43)38-20-17-37-18-21-38)30(23-32(40)41)29-12-6-3-7-13-29/h3,6-7,12-13,23-24,27-28,37,44H,2,4-5,8-11,14-22,25-26H2,1H3/t27-,36+/m1/s1. The van der Waals surface area contributed by atoms with E-state index in [0.717, 1.165) is 50.8 Å². The number of aromatic nitrogens is 1. The minimum absolute atomic E-state index is 0.00514. The van der Waals surface area contributed by atoms with Crippen LogP contribution in [0.5, 0.6) is 0 Å². The first-order valence-electron chi connectivity index (χ1n) is 17.1. The molecule has 0 bridgehead atoms. The largest absolute Gasteiger partial charge is 0.387 e. The van der Waals surface area contributed by atoms with Gasteiger partial charge in [-0.2, -0.15) is 0 Å². The van der Waals surface area contributed by atoms with Crippen LogP contribution in [0.25, 0.3) is 11.1 Å². The third kappa shape index (κ3) is 6.25. The summed E-state index contributed by atoms with van der Waals surface area (Å²) < 4.78 is 1.57. The summed E-state index contributed by atoms with van der Waals surface area (Å²) in [5.41, 5.74) is 0.139. The summed E-state index contributed by atoms with van der Waals surface area (Å²) in [7, 11) is 0. The molecule has 1 aromatic carbocycles. The molecule has 8 nitrogen and oxygen atoms in total. The van der Waals surface area contributed by atoms with Gasteiger partial charge in [0.2, 0.25) is 5.91 Å². The van der Waals surface area contributed by atoms with Crippen LogP contribution in [0.1, 0.15) is 87.9 Å². The van der Waals surface area contributed by atoms with Crippen LogP contribution in [-0.2, 0) is 11.3 Å². The number of likely N-dealkylation sites (tertiary alicyclic amines) is 1. The van der Waals surface area contributed by atoms with Gasteiger partial charge in [0.1, 0.15) is 0 Å². The van der Waals surface area contributed by atoms with Crippen molar-refractivity contribution in [2.45, 2.75) is 89.7 Å². The molecule has 2 saturated carbocycles. The van der Waals surface area contributed by atoms with Gasteiger partial charge in [-0.1, -0.05) is 82.2 Å². The predicted octanol–water partition coefficient (Wildman–Crippen LogP) is 4.69. The highest BCUT2D eigenvalue weighted by Crippen LogP contribution is 2.52. The molecule has 2 aromatic rings. The zero-order chi connectivity index (χ0) is 30.7. The van der Waals surface area contributed by atoms with Crippen LogP contribution in [0, 0.1) is 17.3 Å². The zero-order valence-electron chi connectivity index (χ0n) is 26.4. The van der Waals surface area contributed by atoms with Gasteiger partial charge in [-0.15, -0.1) is 0 Å². The Labute approximate surface area is 261 Å². The number of carbonyl (C=O) groups excluding carboxylic acids is 2. The maximum atomic E-state index is 13.9. The first kappa shape index (κ1) is 31.0. The van der Waals surface area contributed by atoms with Crippen molar-refractivity contribution in [3.05, 3.63) is 58.5 Å². The number of pyridine rings is 1. The molecule has 44 heavy (non-hydrogen) atoms. The molecule has 0 radical (unpaired) electrons. The van der Waals surface area contributed by atoms with Crippen molar-refractivity contribution in [1.82, 2.24) is 19.7 Å². The van der Waals surface area contributed by atoms with E-state index in [9.17, 15) is 19.5 Å². The minimum Gasteiger partial charge on any atom is -0.387 e. The zero-order valence-corrected chi connectivity index (χ0v) is 26.4. The van der Waals surface area contributed by atoms with Crippen LogP contribution in [-0.4, -0.2) is 76.2 Å². The Kier molecular flexibility index (Phi) is 9.29. The van der Waals surface area contributed by atoms with Crippen LogP contribution in [0.15, 0.2) is 47.4 Å². The van der Waals surface area contributed by atoms with E-state index in [1.165, 1.54) is 32.1 Å². The second-order valence-corrected chi connectivity index (χ2v) is 14.1. The molecule has 4 aliphatic rings. The molecular weight excluding hydrogens is 552 g/mol. The lowest BCUT2D eigenvalue weighted by molar-refractivity contribution is -0.163. The number of hydrogen-bond donors (Lipinski definition) is 2. The van der Waals surface area contributed by atoms with Crippen molar-refractivity contribution in [2.24, 2.45) is 17.3 Å². The summed E-state index contributed by atoms with van der Waals surface area (Å²) in [4.78, 5) is 45.2. The van der Waals surface area contributed by atoms with Gasteiger partial charge >= 0.3 is 0 Å². The third-order valence-corrected chi connectivity index (χ3v) is 11.3. The summed E-state index contributed by atoms with van der Waals surface area (Å²) in [5.74, 6) is 0.773. The van der Waals surface area contributed by atoms with Crippen LogP contribution in [0.3, 0.4) is 0 Å². The first-order chi connectivity index (χ1) is 21.3. The average Bonchev–Trinajstić information content (AvgIpc) is 3.54. The highest BCUT2D eigenvalue weighted by atomic mass is 16.3. The number of piperazine rings is 1. The van der Waals surface area contributed by atoms with E-state index in [1.807, 2.05) is 40.1 Å². The van der Waals surface area contributed by atoms with Gasteiger partial charge < -0.3 is 24.8 Å². The summed E-state index contributed by atoms with van der Waals surface area (Å²) in [6.45, 7) is 5.96. The van der Waals surface area contributed by atoms with E-state index in [1.54, 1.807) is 16.8 Å². The predicted molar refractivity (Wildman–Crippen MR) is 172 cm³/mol. The highest BCUT2D eigenvalue weighted by molar-refractivity contribution is 6.00. The fourth-order valence-electron chi connectivity index (χ4n) is 8.67. The topological polar surface area (TPSA) is 94.9 Å². The molecule has 6 rings (SSSR count). The average molecular weight is 603 g/mol. The van der Waals surface area contributed by atoms with Crippen LogP contribution < -0.4 is 10.9 Å². The number of nitrogens with zero attached hydrogens (tertiary/aromatic N) is 3. The van der Waals surface area contributed by atoms with E-state index in [2.05, 4.69) is 12.2 Å². The maximum absolute atomic E-state index is 13.9. The molecule has 2 aliphatic carbocycles. The van der Waals surface area contributed by atoms with E-state index >= 15 is 0 Å². The summed E-state index contributed by atoms with van der Waals surface area (Å²) in [5, 5.41) is 15.8. The van der Waals surface area contributed by atoms with Gasteiger partial charge in [0.05, 0.1) is 17.7 Å². The SMILES string of the molecule is C[C@H](CC1CCCCC1)C(=O)N1CC[C@](O)(Cn2cc(C(=O)N3CCNCC3)c(-c3ccccc3)cc2=O)C2(CCCC2)C1. The van der Waals surface area contributed by atoms with Gasteiger partial charge in [-0.3, -0.25) is 14.4 Å². The number of aliphatic hydroxyl groups is 1. The van der Waals surface area contributed by atoms with Crippen LogP contribution >= 0.6 is 0 Å². The fraction of sp³-hybridized carbons (Fsp3) is 0.639. The quantitative estimate of drug-likeness (QED) is 0.480. The fourth-order valence-corrected chi connectivity index (χ4v) is 8.67. The van der Waals surface area contributed by atoms with Crippen molar-refractivity contribution in [3.8, 4) is 11.1 Å². The number of hydrogen-bond acceptors (Lipinski definition) is 5. The molecule has 2 amide bonds. The number of amides is 2. The molecule has 2 N–H and O–H groups in total. The van der Waals surface area contributed by atoms with E-state index in [0.29, 0.717) is 49.6 Å². The van der Waals surface area contributed by atoms with Crippen LogP contribution in [0.2, 0.25) is 0 Å². The highest BCUT2D eigenvalue weighted by Gasteiger charge is 2.56. The first-order valence-corrected chi connectivity index (χ1v) is 17.1. The lowest BCUT2D eigenvalue weighted by atomic mass is 9.65. The summed E-state index contributed by atoms with van der Waals surface area (Å²) >= 11 is 0. The van der Waals surface area contributed by atoms with Gasteiger partial charge in [0.15, 0.2) is 0 Å². The Bertz CT molecular complexity index is 1370. The number of rotatable bonds is 7. The lowest BCUT2D eigenvalue weighted by Gasteiger charge is -2.53. The Morgan fingerprint density at radius 1 is 0.955 bits per heavy atom. The second kappa shape index (κ2) is 13.2. The third-order valence-electron chi connectivity index (χ3n) is 11.3. The molecule has 0 unspecified atom stereocenters. The van der Waals surface area contributed by atoms with Gasteiger partial charge in [0.25, 0.3) is 11.5 Å². The van der Waals surface area contributed by atoms with Crippen molar-refractivity contribution in [3.63, 3.8) is 0 Å². The molecule has 2 saturated heterocycles. The summed E-state index contributed by atoms with van der Waals surface area (Å²) in [6.07, 6.45) is 13.1. The lowest BCUT2D eigenvalue weighted by Crippen LogP contribution is -2.62. The van der Waals surface area contributed by atoms with Crippen LogP contribution in [0.4, 0.5) is 0 Å². The smallest absolute Gasteiger partial charge is 0.256 e. The van der Waals surface area contributed by atoms with E-state index < -0.39 is 11.0 Å². The molecule has 8 heteroatoms.